The van der Waals surface area contributed by atoms with Crippen LogP contribution >= 0.6 is 15.9 Å². The molecule has 2 rings (SSSR count). The van der Waals surface area contributed by atoms with Gasteiger partial charge in [-0.2, -0.15) is 5.26 Å². The summed E-state index contributed by atoms with van der Waals surface area (Å²) in [5.41, 5.74) is 1.87. The molecule has 2 aromatic rings. The SMILES string of the molecule is Cc1cccc(C(=O)C(C#N)c2ccc(F)cc2)c1Br. The van der Waals surface area contributed by atoms with Crippen LogP contribution in [-0.4, -0.2) is 5.78 Å². The van der Waals surface area contributed by atoms with Gasteiger partial charge in [0.05, 0.1) is 6.07 Å². The molecule has 20 heavy (non-hydrogen) atoms. The highest BCUT2D eigenvalue weighted by Gasteiger charge is 2.23. The molecule has 0 saturated heterocycles. The minimum Gasteiger partial charge on any atom is -0.292 e. The molecule has 0 spiro atoms. The number of rotatable bonds is 3. The second-order valence-electron chi connectivity index (χ2n) is 4.41. The molecule has 0 aliphatic heterocycles. The lowest BCUT2D eigenvalue weighted by molar-refractivity contribution is 0.0978. The third-order valence-corrected chi connectivity index (χ3v) is 4.10. The number of ketones is 1. The molecule has 100 valence electrons. The molecule has 0 amide bonds. The van der Waals surface area contributed by atoms with Crippen LogP contribution in [0.2, 0.25) is 0 Å². The molecule has 0 fully saturated rings. The molecular weight excluding hydrogens is 321 g/mol. The number of Topliss-reactive ketones (excluding diaryl/α,β-unsaturated/α-hetero) is 1. The summed E-state index contributed by atoms with van der Waals surface area (Å²) in [5.74, 6) is -1.63. The van der Waals surface area contributed by atoms with Crippen molar-refractivity contribution in [2.24, 2.45) is 0 Å². The summed E-state index contributed by atoms with van der Waals surface area (Å²) in [4.78, 5) is 12.5. The number of hydrogen-bond donors (Lipinski definition) is 0. The molecule has 0 bridgehead atoms. The first-order valence-corrected chi connectivity index (χ1v) is 6.78. The maximum Gasteiger partial charge on any atom is 0.185 e. The lowest BCUT2D eigenvalue weighted by atomic mass is 9.91. The van der Waals surface area contributed by atoms with E-state index < -0.39 is 11.7 Å². The monoisotopic (exact) mass is 331 g/mol. The van der Waals surface area contributed by atoms with Crippen LogP contribution in [-0.2, 0) is 0 Å². The van der Waals surface area contributed by atoms with Gasteiger partial charge in [-0.25, -0.2) is 4.39 Å². The predicted molar refractivity (Wildman–Crippen MR) is 78.0 cm³/mol. The average molecular weight is 332 g/mol. The predicted octanol–water partition coefficient (Wildman–Crippen LogP) is 4.39. The first-order valence-electron chi connectivity index (χ1n) is 5.99. The standard InChI is InChI=1S/C16H11BrFNO/c1-10-3-2-4-13(15(10)17)16(20)14(9-19)11-5-7-12(18)8-6-11/h2-8,14H,1H3. The van der Waals surface area contributed by atoms with Crippen molar-refractivity contribution in [2.45, 2.75) is 12.8 Å². The van der Waals surface area contributed by atoms with Crippen LogP contribution in [0.5, 0.6) is 0 Å². The lowest BCUT2D eigenvalue weighted by Crippen LogP contribution is -2.12. The number of nitriles is 1. The maximum absolute atomic E-state index is 12.9. The lowest BCUT2D eigenvalue weighted by Gasteiger charge is -2.11. The van der Waals surface area contributed by atoms with Crippen molar-refractivity contribution in [3.8, 4) is 6.07 Å². The molecule has 0 aromatic heterocycles. The first kappa shape index (κ1) is 14.4. The Hall–Kier alpha value is -1.99. The molecule has 0 radical (unpaired) electrons. The molecular formula is C16H11BrFNO. The van der Waals surface area contributed by atoms with Gasteiger partial charge < -0.3 is 0 Å². The molecule has 1 atom stereocenters. The third kappa shape index (κ3) is 2.78. The highest BCUT2D eigenvalue weighted by molar-refractivity contribution is 9.10. The van der Waals surface area contributed by atoms with Crippen LogP contribution in [0.15, 0.2) is 46.9 Å². The van der Waals surface area contributed by atoms with Crippen LogP contribution in [0.25, 0.3) is 0 Å². The molecule has 2 nitrogen and oxygen atoms in total. The summed E-state index contributed by atoms with van der Waals surface area (Å²) in [6.07, 6.45) is 0. The average Bonchev–Trinajstić information content (AvgIpc) is 2.44. The summed E-state index contributed by atoms with van der Waals surface area (Å²) < 4.78 is 13.6. The zero-order valence-corrected chi connectivity index (χ0v) is 12.3. The van der Waals surface area contributed by atoms with Crippen molar-refractivity contribution in [1.29, 1.82) is 5.26 Å². The summed E-state index contributed by atoms with van der Waals surface area (Å²) in [6.45, 7) is 1.88. The Labute approximate surface area is 125 Å². The van der Waals surface area contributed by atoms with Gasteiger partial charge in [0, 0.05) is 10.0 Å². The van der Waals surface area contributed by atoms with Gasteiger partial charge in [0.15, 0.2) is 5.78 Å². The van der Waals surface area contributed by atoms with Gasteiger partial charge in [-0.15, -0.1) is 0 Å². The van der Waals surface area contributed by atoms with E-state index in [2.05, 4.69) is 15.9 Å². The van der Waals surface area contributed by atoms with Crippen molar-refractivity contribution < 1.29 is 9.18 Å². The zero-order chi connectivity index (χ0) is 14.7. The molecule has 0 aliphatic carbocycles. The second-order valence-corrected chi connectivity index (χ2v) is 5.21. The van der Waals surface area contributed by atoms with Crippen LogP contribution in [0.1, 0.15) is 27.4 Å². The van der Waals surface area contributed by atoms with Crippen LogP contribution in [0.3, 0.4) is 0 Å². The molecule has 0 N–H and O–H groups in total. The highest BCUT2D eigenvalue weighted by atomic mass is 79.9. The van der Waals surface area contributed by atoms with Crippen molar-refractivity contribution in [1.82, 2.24) is 0 Å². The summed E-state index contributed by atoms with van der Waals surface area (Å²) in [6, 6.07) is 12.7. The van der Waals surface area contributed by atoms with E-state index in [4.69, 9.17) is 0 Å². The van der Waals surface area contributed by atoms with Gasteiger partial charge in [-0.05, 0) is 46.1 Å². The fourth-order valence-corrected chi connectivity index (χ4v) is 2.39. The first-order chi connectivity index (χ1) is 9.54. The van der Waals surface area contributed by atoms with Crippen LogP contribution < -0.4 is 0 Å². The fourth-order valence-electron chi connectivity index (χ4n) is 1.93. The number of halogens is 2. The van der Waals surface area contributed by atoms with Crippen molar-refractivity contribution >= 4 is 21.7 Å². The molecule has 0 aliphatic rings. The van der Waals surface area contributed by atoms with Gasteiger partial charge in [0.2, 0.25) is 0 Å². The van der Waals surface area contributed by atoms with Gasteiger partial charge >= 0.3 is 0 Å². The van der Waals surface area contributed by atoms with E-state index in [1.54, 1.807) is 12.1 Å². The van der Waals surface area contributed by atoms with Crippen LogP contribution in [0.4, 0.5) is 4.39 Å². The molecule has 0 saturated carbocycles. The van der Waals surface area contributed by atoms with E-state index >= 15 is 0 Å². The maximum atomic E-state index is 12.9. The van der Waals surface area contributed by atoms with E-state index in [-0.39, 0.29) is 5.78 Å². The minimum absolute atomic E-state index is 0.297. The fraction of sp³-hybridized carbons (Fsp3) is 0.125. The van der Waals surface area contributed by atoms with E-state index in [1.807, 2.05) is 19.1 Å². The van der Waals surface area contributed by atoms with Crippen LogP contribution in [0, 0.1) is 24.1 Å². The van der Waals surface area contributed by atoms with E-state index in [0.29, 0.717) is 15.6 Å². The van der Waals surface area contributed by atoms with Gasteiger partial charge in [-0.3, -0.25) is 4.79 Å². The van der Waals surface area contributed by atoms with E-state index in [1.165, 1.54) is 24.3 Å². The highest BCUT2D eigenvalue weighted by Crippen LogP contribution is 2.27. The third-order valence-electron chi connectivity index (χ3n) is 3.05. The molecule has 4 heteroatoms. The second kappa shape index (κ2) is 5.98. The Morgan fingerprint density at radius 1 is 1.25 bits per heavy atom. The quantitative estimate of drug-likeness (QED) is 0.783. The molecule has 1 unspecified atom stereocenters. The van der Waals surface area contributed by atoms with Crippen molar-refractivity contribution in [3.05, 3.63) is 69.4 Å². The summed E-state index contributed by atoms with van der Waals surface area (Å²) in [7, 11) is 0. The Kier molecular flexibility index (Phi) is 4.31. The Balaban J connectivity index is 2.42. The molecule has 0 heterocycles. The Bertz CT molecular complexity index is 689. The van der Waals surface area contributed by atoms with Gasteiger partial charge in [0.25, 0.3) is 0 Å². The van der Waals surface area contributed by atoms with Crippen molar-refractivity contribution in [2.75, 3.05) is 0 Å². The minimum atomic E-state index is -0.936. The number of benzene rings is 2. The van der Waals surface area contributed by atoms with Gasteiger partial charge in [-0.1, -0.05) is 30.3 Å². The summed E-state index contributed by atoms with van der Waals surface area (Å²) in [5, 5.41) is 9.26. The topological polar surface area (TPSA) is 40.9 Å². The Morgan fingerprint density at radius 2 is 1.90 bits per heavy atom. The van der Waals surface area contributed by atoms with Gasteiger partial charge in [0.1, 0.15) is 11.7 Å². The number of carbonyl (C=O) groups excluding carboxylic acids is 1. The number of aryl methyl sites for hydroxylation is 1. The number of nitrogens with zero attached hydrogens (tertiary/aromatic N) is 1. The van der Waals surface area contributed by atoms with Crippen molar-refractivity contribution in [3.63, 3.8) is 0 Å². The normalized spacial score (nSPS) is 11.7. The Morgan fingerprint density at radius 3 is 2.50 bits per heavy atom. The largest absolute Gasteiger partial charge is 0.292 e. The molecule has 2 aromatic carbocycles. The number of hydrogen-bond acceptors (Lipinski definition) is 2. The smallest absolute Gasteiger partial charge is 0.185 e. The van der Waals surface area contributed by atoms with E-state index in [0.717, 1.165) is 5.56 Å². The van der Waals surface area contributed by atoms with E-state index in [9.17, 15) is 14.4 Å². The number of carbonyl (C=O) groups is 1. The zero-order valence-electron chi connectivity index (χ0n) is 10.7. The summed E-state index contributed by atoms with van der Waals surface area (Å²) >= 11 is 3.37.